The molecule has 0 saturated heterocycles. The molecule has 10 aromatic rings. The van der Waals surface area contributed by atoms with Crippen LogP contribution in [-0.4, -0.2) is 9.13 Å². The monoisotopic (exact) mass is 651 g/mol. The van der Waals surface area contributed by atoms with Crippen molar-refractivity contribution < 1.29 is 0 Å². The van der Waals surface area contributed by atoms with Crippen molar-refractivity contribution in [3.05, 3.63) is 200 Å². The topological polar surface area (TPSA) is 13.1 Å². The van der Waals surface area contributed by atoms with Crippen molar-refractivity contribution in [1.82, 2.24) is 9.13 Å². The molecule has 0 aliphatic heterocycles. The van der Waals surface area contributed by atoms with Crippen molar-refractivity contribution in [3.63, 3.8) is 0 Å². The van der Waals surface area contributed by atoms with Gasteiger partial charge in [-0.3, -0.25) is 0 Å². The standard InChI is InChI=1S/C48H33N3/c1-4-16-35(17-5-1)49(36-18-6-2-7-19-36)38-22-14-23-39(33-38)51-45-28-13-11-25-42(45)48-40(26-15-29-47(48)51)34-30-31-46-43(32-34)41-24-10-12-27-44(41)50(46)37-20-8-3-9-21-37/h1-33H. The van der Waals surface area contributed by atoms with Crippen LogP contribution >= 0.6 is 0 Å². The minimum absolute atomic E-state index is 1.10. The first-order valence-electron chi connectivity index (χ1n) is 17.5. The highest BCUT2D eigenvalue weighted by atomic mass is 15.1. The second-order valence-electron chi connectivity index (χ2n) is 13.0. The van der Waals surface area contributed by atoms with Crippen molar-refractivity contribution in [2.75, 3.05) is 4.90 Å². The molecule has 0 radical (unpaired) electrons. The molecule has 0 aliphatic carbocycles. The molecule has 0 spiro atoms. The largest absolute Gasteiger partial charge is 0.310 e. The zero-order valence-corrected chi connectivity index (χ0v) is 27.9. The zero-order chi connectivity index (χ0) is 33.7. The molecule has 0 unspecified atom stereocenters. The van der Waals surface area contributed by atoms with E-state index < -0.39 is 0 Å². The van der Waals surface area contributed by atoms with E-state index in [9.17, 15) is 0 Å². The Balaban J connectivity index is 1.18. The summed E-state index contributed by atoms with van der Waals surface area (Å²) in [5, 5.41) is 5.00. The molecule has 3 heteroatoms. The third kappa shape index (κ3) is 4.74. The van der Waals surface area contributed by atoms with Gasteiger partial charge in [-0.05, 0) is 96.1 Å². The molecule has 51 heavy (non-hydrogen) atoms. The number of anilines is 3. The highest BCUT2D eigenvalue weighted by molar-refractivity contribution is 6.17. The molecule has 10 rings (SSSR count). The van der Waals surface area contributed by atoms with Crippen molar-refractivity contribution >= 4 is 60.7 Å². The van der Waals surface area contributed by atoms with Gasteiger partial charge in [-0.15, -0.1) is 0 Å². The number of nitrogens with zero attached hydrogens (tertiary/aromatic N) is 3. The Bertz CT molecular complexity index is 2810. The van der Waals surface area contributed by atoms with Crippen LogP contribution in [0.25, 0.3) is 66.1 Å². The highest BCUT2D eigenvalue weighted by Crippen LogP contribution is 2.42. The number of hydrogen-bond acceptors (Lipinski definition) is 1. The number of aromatic nitrogens is 2. The number of benzene rings is 8. The van der Waals surface area contributed by atoms with E-state index in [1.165, 1.54) is 60.4 Å². The molecule has 240 valence electrons. The molecule has 2 heterocycles. The molecular formula is C48H33N3. The molecule has 0 bridgehead atoms. The molecule has 8 aromatic carbocycles. The molecule has 0 amide bonds. The SMILES string of the molecule is c1ccc(N(c2ccccc2)c2cccc(-n3c4ccccc4c4c(-c5ccc6c(c5)c5ccccc5n6-c5ccccc5)cccc43)c2)cc1. The van der Waals surface area contributed by atoms with Crippen LogP contribution in [0.1, 0.15) is 0 Å². The van der Waals surface area contributed by atoms with Crippen LogP contribution in [0.15, 0.2) is 200 Å². The van der Waals surface area contributed by atoms with Gasteiger partial charge in [0.2, 0.25) is 0 Å². The van der Waals surface area contributed by atoms with Crippen molar-refractivity contribution in [2.24, 2.45) is 0 Å². The number of para-hydroxylation sites is 5. The minimum atomic E-state index is 1.10. The van der Waals surface area contributed by atoms with E-state index in [0.29, 0.717) is 0 Å². The van der Waals surface area contributed by atoms with Gasteiger partial charge in [-0.25, -0.2) is 0 Å². The first-order valence-corrected chi connectivity index (χ1v) is 17.5. The second kappa shape index (κ2) is 11.9. The average Bonchev–Trinajstić information content (AvgIpc) is 3.72. The first-order chi connectivity index (χ1) is 25.3. The van der Waals surface area contributed by atoms with Gasteiger partial charge in [0.1, 0.15) is 0 Å². The van der Waals surface area contributed by atoms with Crippen LogP contribution in [-0.2, 0) is 0 Å². The normalized spacial score (nSPS) is 11.5. The summed E-state index contributed by atoms with van der Waals surface area (Å²) in [6.45, 7) is 0. The zero-order valence-electron chi connectivity index (χ0n) is 27.9. The van der Waals surface area contributed by atoms with E-state index in [2.05, 4.69) is 214 Å². The Morgan fingerprint density at radius 2 is 0.824 bits per heavy atom. The van der Waals surface area contributed by atoms with Gasteiger partial charge in [0.15, 0.2) is 0 Å². The quantitative estimate of drug-likeness (QED) is 0.174. The Morgan fingerprint density at radius 3 is 1.55 bits per heavy atom. The lowest BCUT2D eigenvalue weighted by Gasteiger charge is -2.26. The van der Waals surface area contributed by atoms with Gasteiger partial charge in [-0.1, -0.05) is 115 Å². The molecule has 2 aromatic heterocycles. The maximum Gasteiger partial charge on any atom is 0.0547 e. The summed E-state index contributed by atoms with van der Waals surface area (Å²) < 4.78 is 4.80. The van der Waals surface area contributed by atoms with Crippen LogP contribution in [0.3, 0.4) is 0 Å². The summed E-state index contributed by atoms with van der Waals surface area (Å²) >= 11 is 0. The van der Waals surface area contributed by atoms with Gasteiger partial charge < -0.3 is 14.0 Å². The Morgan fingerprint density at radius 1 is 0.314 bits per heavy atom. The minimum Gasteiger partial charge on any atom is -0.310 e. The van der Waals surface area contributed by atoms with Crippen LogP contribution in [0.2, 0.25) is 0 Å². The summed E-state index contributed by atoms with van der Waals surface area (Å²) in [6.07, 6.45) is 0. The van der Waals surface area contributed by atoms with E-state index in [0.717, 1.165) is 22.7 Å². The lowest BCUT2D eigenvalue weighted by molar-refractivity contribution is 1.17. The predicted octanol–water partition coefficient (Wildman–Crippen LogP) is 13.0. The molecule has 0 fully saturated rings. The number of rotatable bonds is 6. The van der Waals surface area contributed by atoms with Gasteiger partial charge in [0, 0.05) is 50.0 Å². The van der Waals surface area contributed by atoms with Crippen molar-refractivity contribution in [1.29, 1.82) is 0 Å². The fourth-order valence-electron chi connectivity index (χ4n) is 7.91. The van der Waals surface area contributed by atoms with Crippen LogP contribution < -0.4 is 4.90 Å². The van der Waals surface area contributed by atoms with Crippen molar-refractivity contribution in [2.45, 2.75) is 0 Å². The molecule has 0 aliphatic rings. The Labute approximate surface area is 296 Å². The lowest BCUT2D eigenvalue weighted by atomic mass is 9.98. The van der Waals surface area contributed by atoms with E-state index in [-0.39, 0.29) is 0 Å². The van der Waals surface area contributed by atoms with Crippen LogP contribution in [0.5, 0.6) is 0 Å². The van der Waals surface area contributed by atoms with Gasteiger partial charge >= 0.3 is 0 Å². The summed E-state index contributed by atoms with van der Waals surface area (Å²) in [5.74, 6) is 0. The smallest absolute Gasteiger partial charge is 0.0547 e. The first kappa shape index (κ1) is 29.1. The van der Waals surface area contributed by atoms with Gasteiger partial charge in [0.25, 0.3) is 0 Å². The highest BCUT2D eigenvalue weighted by Gasteiger charge is 2.19. The summed E-state index contributed by atoms with van der Waals surface area (Å²) in [4.78, 5) is 2.32. The van der Waals surface area contributed by atoms with Gasteiger partial charge in [0.05, 0.1) is 22.1 Å². The maximum absolute atomic E-state index is 2.42. The van der Waals surface area contributed by atoms with Crippen LogP contribution in [0.4, 0.5) is 17.1 Å². The second-order valence-corrected chi connectivity index (χ2v) is 13.0. The molecule has 0 atom stereocenters. The van der Waals surface area contributed by atoms with Crippen LogP contribution in [0, 0.1) is 0 Å². The summed E-state index contributed by atoms with van der Waals surface area (Å²) in [6, 6.07) is 72.0. The average molecular weight is 652 g/mol. The fourth-order valence-corrected chi connectivity index (χ4v) is 7.91. The van der Waals surface area contributed by atoms with E-state index in [4.69, 9.17) is 0 Å². The summed E-state index contributed by atoms with van der Waals surface area (Å²) in [7, 11) is 0. The van der Waals surface area contributed by atoms with Gasteiger partial charge in [-0.2, -0.15) is 0 Å². The van der Waals surface area contributed by atoms with Crippen molar-refractivity contribution in [3.8, 4) is 22.5 Å². The maximum atomic E-state index is 2.42. The Kier molecular flexibility index (Phi) is 6.81. The molecule has 0 N–H and O–H groups in total. The lowest BCUT2D eigenvalue weighted by Crippen LogP contribution is -2.10. The van der Waals surface area contributed by atoms with E-state index in [1.807, 2.05) is 0 Å². The molecular weight excluding hydrogens is 619 g/mol. The van der Waals surface area contributed by atoms with E-state index >= 15 is 0 Å². The van der Waals surface area contributed by atoms with E-state index in [1.54, 1.807) is 0 Å². The third-order valence-electron chi connectivity index (χ3n) is 10.1. The number of fused-ring (bicyclic) bond motifs is 6. The fraction of sp³-hybridized carbons (Fsp3) is 0. The predicted molar refractivity (Wildman–Crippen MR) is 215 cm³/mol. The Hall–Kier alpha value is -6.84. The number of hydrogen-bond donors (Lipinski definition) is 0. The third-order valence-corrected chi connectivity index (χ3v) is 10.1. The summed E-state index contributed by atoms with van der Waals surface area (Å²) in [5.41, 5.74) is 12.9. The molecule has 0 saturated carbocycles. The molecule has 3 nitrogen and oxygen atoms in total.